The fourth-order valence-electron chi connectivity index (χ4n) is 2.84. The molecule has 2 rings (SSSR count). The average molecular weight is 287 g/mol. The molecular formula is C18H25NO2. The van der Waals surface area contributed by atoms with Crippen LogP contribution in [0.1, 0.15) is 55.1 Å². The molecule has 3 nitrogen and oxygen atoms in total. The summed E-state index contributed by atoms with van der Waals surface area (Å²) < 4.78 is 5.66. The van der Waals surface area contributed by atoms with Crippen LogP contribution in [-0.2, 0) is 0 Å². The predicted molar refractivity (Wildman–Crippen MR) is 86.6 cm³/mol. The first-order chi connectivity index (χ1) is 10.1. The first-order valence-corrected chi connectivity index (χ1v) is 7.87. The lowest BCUT2D eigenvalue weighted by Gasteiger charge is -2.13. The number of fused-ring (bicyclic) bond motifs is 1. The molecule has 1 unspecified atom stereocenters. The molecule has 21 heavy (non-hydrogen) atoms. The van der Waals surface area contributed by atoms with Gasteiger partial charge in [-0.15, -0.1) is 0 Å². The number of carbonyl (C=O) groups excluding carboxylic acids is 1. The second-order valence-electron chi connectivity index (χ2n) is 5.85. The van der Waals surface area contributed by atoms with E-state index in [0.29, 0.717) is 24.6 Å². The monoisotopic (exact) mass is 287 g/mol. The highest BCUT2D eigenvalue weighted by Crippen LogP contribution is 2.23. The molecule has 3 heteroatoms. The predicted octanol–water partition coefficient (Wildman–Crippen LogP) is 4.47. The van der Waals surface area contributed by atoms with Crippen molar-refractivity contribution in [1.29, 1.82) is 0 Å². The molecule has 114 valence electrons. The van der Waals surface area contributed by atoms with E-state index in [1.807, 2.05) is 31.2 Å². The summed E-state index contributed by atoms with van der Waals surface area (Å²) in [6, 6.07) is 7.83. The number of furan rings is 1. The van der Waals surface area contributed by atoms with Crippen LogP contribution in [0.5, 0.6) is 0 Å². The molecule has 0 saturated heterocycles. The minimum atomic E-state index is 0.0991. The Morgan fingerprint density at radius 2 is 2.05 bits per heavy atom. The number of Topliss-reactive ketones (excluding diaryl/α,β-unsaturated/α-hetero) is 1. The summed E-state index contributed by atoms with van der Waals surface area (Å²) in [5, 5.41) is 1.01. The minimum absolute atomic E-state index is 0.0991. The van der Waals surface area contributed by atoms with Crippen LogP contribution < -0.4 is 5.73 Å². The zero-order valence-corrected chi connectivity index (χ0v) is 13.0. The Hall–Kier alpha value is -1.61. The van der Waals surface area contributed by atoms with Crippen LogP contribution in [0.2, 0.25) is 0 Å². The number of rotatable bonds is 8. The number of nitrogens with two attached hydrogens (primary N) is 1. The number of benzene rings is 1. The van der Waals surface area contributed by atoms with E-state index in [1.165, 1.54) is 5.56 Å². The first-order valence-electron chi connectivity index (χ1n) is 7.87. The molecule has 0 spiro atoms. The molecule has 0 aliphatic carbocycles. The van der Waals surface area contributed by atoms with Gasteiger partial charge in [0.1, 0.15) is 5.58 Å². The maximum Gasteiger partial charge on any atom is 0.198 e. The summed E-state index contributed by atoms with van der Waals surface area (Å²) in [5.74, 6) is 1.14. The molecule has 1 aromatic heterocycles. The van der Waals surface area contributed by atoms with Crippen molar-refractivity contribution in [2.45, 2.75) is 46.0 Å². The Bertz CT molecular complexity index is 594. The fraction of sp³-hybridized carbons (Fsp3) is 0.500. The molecule has 0 radical (unpaired) electrons. The zero-order chi connectivity index (χ0) is 15.2. The molecule has 1 heterocycles. The van der Waals surface area contributed by atoms with Gasteiger partial charge in [-0.1, -0.05) is 31.4 Å². The van der Waals surface area contributed by atoms with Gasteiger partial charge in [-0.3, -0.25) is 4.79 Å². The number of aryl methyl sites for hydroxylation is 1. The topological polar surface area (TPSA) is 56.2 Å². The van der Waals surface area contributed by atoms with Gasteiger partial charge in [-0.2, -0.15) is 0 Å². The lowest BCUT2D eigenvalue weighted by Crippen LogP contribution is -2.10. The Morgan fingerprint density at radius 3 is 2.76 bits per heavy atom. The molecular weight excluding hydrogens is 262 g/mol. The van der Waals surface area contributed by atoms with Crippen molar-refractivity contribution in [3.05, 3.63) is 35.6 Å². The van der Waals surface area contributed by atoms with Crippen molar-refractivity contribution in [3.8, 4) is 0 Å². The Labute approximate surface area is 126 Å². The molecule has 0 saturated carbocycles. The molecule has 0 fully saturated rings. The highest BCUT2D eigenvalue weighted by Gasteiger charge is 2.15. The van der Waals surface area contributed by atoms with Gasteiger partial charge in [0.2, 0.25) is 0 Å². The van der Waals surface area contributed by atoms with Gasteiger partial charge in [0.25, 0.3) is 0 Å². The van der Waals surface area contributed by atoms with Gasteiger partial charge in [-0.25, -0.2) is 0 Å². The second-order valence-corrected chi connectivity index (χ2v) is 5.85. The number of hydrogen-bond acceptors (Lipinski definition) is 3. The van der Waals surface area contributed by atoms with Crippen LogP contribution in [0.15, 0.2) is 28.7 Å². The molecule has 1 atom stereocenters. The van der Waals surface area contributed by atoms with Crippen molar-refractivity contribution >= 4 is 16.8 Å². The van der Waals surface area contributed by atoms with E-state index < -0.39 is 0 Å². The maximum atomic E-state index is 12.3. The van der Waals surface area contributed by atoms with Crippen molar-refractivity contribution in [2.75, 3.05) is 6.54 Å². The molecule has 0 aliphatic heterocycles. The normalized spacial score (nSPS) is 12.7. The quantitative estimate of drug-likeness (QED) is 0.729. The standard InChI is InChI=1S/C18H25NO2/c1-3-4-14(9-10-19)6-7-16(20)18-12-15-11-13(2)5-8-17(15)21-18/h5,8,11-12,14H,3-4,6-7,9-10,19H2,1-2H3. The number of hydrogen-bond donors (Lipinski definition) is 1. The third-order valence-corrected chi connectivity index (χ3v) is 4.00. The van der Waals surface area contributed by atoms with Gasteiger partial charge in [0, 0.05) is 11.8 Å². The summed E-state index contributed by atoms with van der Waals surface area (Å²) in [5.41, 5.74) is 7.60. The lowest BCUT2D eigenvalue weighted by molar-refractivity contribution is 0.0947. The van der Waals surface area contributed by atoms with Gasteiger partial charge < -0.3 is 10.2 Å². The first kappa shape index (κ1) is 15.8. The van der Waals surface area contributed by atoms with E-state index >= 15 is 0 Å². The Morgan fingerprint density at radius 1 is 1.24 bits per heavy atom. The smallest absolute Gasteiger partial charge is 0.198 e. The minimum Gasteiger partial charge on any atom is -0.453 e. The van der Waals surface area contributed by atoms with Crippen LogP contribution in [0.25, 0.3) is 11.0 Å². The molecule has 1 aromatic carbocycles. The molecule has 0 bridgehead atoms. The Kier molecular flexibility index (Phi) is 5.57. The number of ketones is 1. The van der Waals surface area contributed by atoms with Crippen molar-refractivity contribution in [3.63, 3.8) is 0 Å². The molecule has 0 amide bonds. The van der Waals surface area contributed by atoms with E-state index in [0.717, 1.165) is 36.7 Å². The lowest BCUT2D eigenvalue weighted by atomic mass is 9.93. The average Bonchev–Trinajstić information content (AvgIpc) is 2.88. The summed E-state index contributed by atoms with van der Waals surface area (Å²) in [4.78, 5) is 12.3. The van der Waals surface area contributed by atoms with Crippen molar-refractivity contribution < 1.29 is 9.21 Å². The van der Waals surface area contributed by atoms with Gasteiger partial charge in [0.15, 0.2) is 11.5 Å². The summed E-state index contributed by atoms with van der Waals surface area (Å²) >= 11 is 0. The van der Waals surface area contributed by atoms with E-state index in [1.54, 1.807) is 0 Å². The fourth-order valence-corrected chi connectivity index (χ4v) is 2.84. The van der Waals surface area contributed by atoms with Crippen LogP contribution in [0.4, 0.5) is 0 Å². The van der Waals surface area contributed by atoms with E-state index in [9.17, 15) is 4.79 Å². The van der Waals surface area contributed by atoms with Gasteiger partial charge in [0.05, 0.1) is 0 Å². The highest BCUT2D eigenvalue weighted by molar-refractivity contribution is 5.97. The van der Waals surface area contributed by atoms with E-state index in [2.05, 4.69) is 6.92 Å². The highest BCUT2D eigenvalue weighted by atomic mass is 16.3. The van der Waals surface area contributed by atoms with Crippen molar-refractivity contribution in [2.24, 2.45) is 11.7 Å². The number of carbonyl (C=O) groups is 1. The van der Waals surface area contributed by atoms with Gasteiger partial charge >= 0.3 is 0 Å². The SMILES string of the molecule is CCCC(CCN)CCC(=O)c1cc2cc(C)ccc2o1. The van der Waals surface area contributed by atoms with Crippen molar-refractivity contribution in [1.82, 2.24) is 0 Å². The molecule has 0 aliphatic rings. The molecule has 2 N–H and O–H groups in total. The van der Waals surface area contributed by atoms with Gasteiger partial charge in [-0.05, 0) is 50.4 Å². The third kappa shape index (κ3) is 4.18. The second kappa shape index (κ2) is 7.41. The van der Waals surface area contributed by atoms with E-state index in [-0.39, 0.29) is 5.78 Å². The summed E-state index contributed by atoms with van der Waals surface area (Å²) in [6.45, 7) is 4.91. The van der Waals surface area contributed by atoms with Crippen LogP contribution in [0, 0.1) is 12.8 Å². The van der Waals surface area contributed by atoms with Crippen LogP contribution >= 0.6 is 0 Å². The van der Waals surface area contributed by atoms with Crippen LogP contribution in [-0.4, -0.2) is 12.3 Å². The van der Waals surface area contributed by atoms with E-state index in [4.69, 9.17) is 10.2 Å². The maximum absolute atomic E-state index is 12.3. The van der Waals surface area contributed by atoms with Crippen LogP contribution in [0.3, 0.4) is 0 Å². The summed E-state index contributed by atoms with van der Waals surface area (Å²) in [7, 11) is 0. The zero-order valence-electron chi connectivity index (χ0n) is 13.0. The summed E-state index contributed by atoms with van der Waals surface area (Å²) in [6.07, 6.45) is 4.73. The Balaban J connectivity index is 2.01. The molecule has 2 aromatic rings. The largest absolute Gasteiger partial charge is 0.453 e. The third-order valence-electron chi connectivity index (χ3n) is 4.00.